The van der Waals surface area contributed by atoms with Crippen LogP contribution < -0.4 is 9.47 Å². The van der Waals surface area contributed by atoms with Gasteiger partial charge in [0.05, 0.1) is 18.8 Å². The van der Waals surface area contributed by atoms with Crippen LogP contribution in [0.4, 0.5) is 0 Å². The summed E-state index contributed by atoms with van der Waals surface area (Å²) >= 11 is 0. The molecule has 1 amide bonds. The van der Waals surface area contributed by atoms with Crippen molar-refractivity contribution >= 4 is 18.0 Å². The van der Waals surface area contributed by atoms with Crippen LogP contribution in [0.25, 0.3) is 6.08 Å². The zero-order chi connectivity index (χ0) is 17.3. The number of hydrogen-bond donors (Lipinski definition) is 1. The molecule has 128 valence electrons. The molecule has 2 heterocycles. The lowest BCUT2D eigenvalue weighted by molar-refractivity contribution is -0.147. The van der Waals surface area contributed by atoms with Crippen molar-refractivity contribution in [1.82, 2.24) is 4.90 Å². The molecular formula is C17H19NO6. The van der Waals surface area contributed by atoms with Gasteiger partial charge in [0.2, 0.25) is 0 Å². The minimum absolute atomic E-state index is 0.0761. The van der Waals surface area contributed by atoms with Crippen LogP contribution in [0.5, 0.6) is 11.5 Å². The molecule has 0 saturated carbocycles. The molecule has 1 aromatic carbocycles. The standard InChI is InChI=1S/C17H19NO6/c1-22-12-7-13(17(20)21)18(8-12)16(19)11-6-10-4-3-5-14(23-2)15(10)24-9-11/h3-6,12-13H,7-9H2,1-2H3,(H,20,21). The number of carbonyl (C=O) groups excluding carboxylic acids is 1. The normalized spacial score (nSPS) is 22.4. The summed E-state index contributed by atoms with van der Waals surface area (Å²) in [5.74, 6) is -0.181. The highest BCUT2D eigenvalue weighted by atomic mass is 16.5. The van der Waals surface area contributed by atoms with Gasteiger partial charge in [0.25, 0.3) is 5.91 Å². The number of hydrogen-bond acceptors (Lipinski definition) is 5. The van der Waals surface area contributed by atoms with Gasteiger partial charge in [0.1, 0.15) is 12.6 Å². The van der Waals surface area contributed by atoms with Gasteiger partial charge >= 0.3 is 5.97 Å². The number of methoxy groups -OCH3 is 2. The van der Waals surface area contributed by atoms with E-state index in [2.05, 4.69) is 0 Å². The summed E-state index contributed by atoms with van der Waals surface area (Å²) in [6.07, 6.45) is 1.74. The van der Waals surface area contributed by atoms with Gasteiger partial charge in [-0.15, -0.1) is 0 Å². The summed E-state index contributed by atoms with van der Waals surface area (Å²) in [6, 6.07) is 4.53. The van der Waals surface area contributed by atoms with E-state index in [1.807, 2.05) is 12.1 Å². The lowest BCUT2D eigenvalue weighted by Crippen LogP contribution is -2.42. The molecule has 2 atom stereocenters. The Bertz CT molecular complexity index is 698. The Morgan fingerprint density at radius 3 is 2.79 bits per heavy atom. The summed E-state index contributed by atoms with van der Waals surface area (Å²) < 4.78 is 16.1. The molecule has 1 aromatic rings. The summed E-state index contributed by atoms with van der Waals surface area (Å²) in [5.41, 5.74) is 1.15. The van der Waals surface area contributed by atoms with Crippen LogP contribution in [-0.2, 0) is 14.3 Å². The first-order chi connectivity index (χ1) is 11.5. The number of rotatable bonds is 4. The molecule has 1 fully saturated rings. The summed E-state index contributed by atoms with van der Waals surface area (Å²) in [5, 5.41) is 9.35. The van der Waals surface area contributed by atoms with Crippen LogP contribution >= 0.6 is 0 Å². The monoisotopic (exact) mass is 333 g/mol. The van der Waals surface area contributed by atoms with Crippen molar-refractivity contribution in [3.8, 4) is 11.5 Å². The average molecular weight is 333 g/mol. The Labute approximate surface area is 139 Å². The molecule has 7 nitrogen and oxygen atoms in total. The van der Waals surface area contributed by atoms with E-state index in [0.29, 0.717) is 17.1 Å². The second kappa shape index (κ2) is 6.52. The molecule has 3 rings (SSSR count). The van der Waals surface area contributed by atoms with E-state index >= 15 is 0 Å². The van der Waals surface area contributed by atoms with Gasteiger partial charge in [-0.2, -0.15) is 0 Å². The number of aliphatic carboxylic acids is 1. The number of amides is 1. The first kappa shape index (κ1) is 16.3. The minimum atomic E-state index is -1.03. The molecule has 1 saturated heterocycles. The number of fused-ring (bicyclic) bond motifs is 1. The Morgan fingerprint density at radius 1 is 1.33 bits per heavy atom. The molecule has 2 aliphatic heterocycles. The van der Waals surface area contributed by atoms with Gasteiger partial charge in [-0.1, -0.05) is 12.1 Å². The van der Waals surface area contributed by atoms with Crippen LogP contribution in [0.1, 0.15) is 12.0 Å². The molecule has 2 aliphatic rings. The first-order valence-electron chi connectivity index (χ1n) is 7.62. The van der Waals surface area contributed by atoms with Crippen molar-refractivity contribution in [3.63, 3.8) is 0 Å². The summed E-state index contributed by atoms with van der Waals surface area (Å²) in [4.78, 5) is 25.5. The molecular weight excluding hydrogens is 314 g/mol. The molecule has 0 radical (unpaired) electrons. The van der Waals surface area contributed by atoms with E-state index in [4.69, 9.17) is 14.2 Å². The zero-order valence-electron chi connectivity index (χ0n) is 13.5. The van der Waals surface area contributed by atoms with E-state index in [0.717, 1.165) is 5.56 Å². The number of carboxylic acid groups (broad SMARTS) is 1. The van der Waals surface area contributed by atoms with Crippen molar-refractivity contribution in [1.29, 1.82) is 0 Å². The minimum Gasteiger partial charge on any atom is -0.493 e. The van der Waals surface area contributed by atoms with Crippen LogP contribution in [0.15, 0.2) is 23.8 Å². The lowest BCUT2D eigenvalue weighted by Gasteiger charge is -2.25. The highest BCUT2D eigenvalue weighted by Gasteiger charge is 2.41. The van der Waals surface area contributed by atoms with Crippen molar-refractivity contribution < 1.29 is 28.9 Å². The topological polar surface area (TPSA) is 85.3 Å². The number of nitrogens with zero attached hydrogens (tertiary/aromatic N) is 1. The fraction of sp³-hybridized carbons (Fsp3) is 0.412. The largest absolute Gasteiger partial charge is 0.493 e. The van der Waals surface area contributed by atoms with Crippen molar-refractivity contribution in [2.24, 2.45) is 0 Å². The van der Waals surface area contributed by atoms with Crippen LogP contribution in [0.3, 0.4) is 0 Å². The highest BCUT2D eigenvalue weighted by Crippen LogP contribution is 2.36. The Balaban J connectivity index is 1.87. The zero-order valence-corrected chi connectivity index (χ0v) is 13.5. The molecule has 0 aliphatic carbocycles. The molecule has 1 N–H and O–H groups in total. The third-order valence-electron chi connectivity index (χ3n) is 4.35. The second-order valence-electron chi connectivity index (χ2n) is 5.74. The SMILES string of the molecule is COc1cccc2c1OCC(C(=O)N1CC(OC)CC1C(=O)O)=C2. The third-order valence-corrected chi connectivity index (χ3v) is 4.35. The number of carboxylic acids is 1. The molecule has 24 heavy (non-hydrogen) atoms. The predicted octanol–water partition coefficient (Wildman–Crippen LogP) is 1.17. The van der Waals surface area contributed by atoms with Gasteiger partial charge in [-0.05, 0) is 12.1 Å². The predicted molar refractivity (Wildman–Crippen MR) is 85.0 cm³/mol. The fourth-order valence-electron chi connectivity index (χ4n) is 3.08. The number of carbonyl (C=O) groups is 2. The number of benzene rings is 1. The smallest absolute Gasteiger partial charge is 0.326 e. The van der Waals surface area contributed by atoms with E-state index < -0.39 is 12.0 Å². The molecule has 2 unspecified atom stereocenters. The van der Waals surface area contributed by atoms with Gasteiger partial charge < -0.3 is 24.2 Å². The molecule has 0 aromatic heterocycles. The van der Waals surface area contributed by atoms with Crippen LogP contribution in [0.2, 0.25) is 0 Å². The Morgan fingerprint density at radius 2 is 2.12 bits per heavy atom. The maximum atomic E-state index is 12.8. The maximum Gasteiger partial charge on any atom is 0.326 e. The van der Waals surface area contributed by atoms with E-state index in [9.17, 15) is 14.7 Å². The lowest BCUT2D eigenvalue weighted by atomic mass is 10.1. The Kier molecular flexibility index (Phi) is 4.44. The van der Waals surface area contributed by atoms with Gasteiger partial charge in [0, 0.05) is 25.6 Å². The number of likely N-dealkylation sites (tertiary alicyclic amines) is 1. The highest BCUT2D eigenvalue weighted by molar-refractivity contribution is 6.01. The fourth-order valence-corrected chi connectivity index (χ4v) is 3.08. The molecule has 0 bridgehead atoms. The number of para-hydroxylation sites is 1. The third kappa shape index (κ3) is 2.82. The summed E-state index contributed by atoms with van der Waals surface area (Å²) in [6.45, 7) is 0.335. The molecule has 0 spiro atoms. The first-order valence-corrected chi connectivity index (χ1v) is 7.62. The van der Waals surface area contributed by atoms with Crippen LogP contribution in [0, 0.1) is 0 Å². The average Bonchev–Trinajstić information content (AvgIpc) is 3.04. The van der Waals surface area contributed by atoms with Gasteiger partial charge in [-0.3, -0.25) is 4.79 Å². The van der Waals surface area contributed by atoms with E-state index in [1.165, 1.54) is 12.0 Å². The van der Waals surface area contributed by atoms with Crippen molar-refractivity contribution in [3.05, 3.63) is 29.3 Å². The maximum absolute atomic E-state index is 12.8. The number of ether oxygens (including phenoxy) is 3. The van der Waals surface area contributed by atoms with Crippen molar-refractivity contribution in [2.75, 3.05) is 27.4 Å². The quantitative estimate of drug-likeness (QED) is 0.890. The van der Waals surface area contributed by atoms with Gasteiger partial charge in [0.15, 0.2) is 11.5 Å². The molecule has 7 heteroatoms. The Hall–Kier alpha value is -2.54. The van der Waals surface area contributed by atoms with Crippen molar-refractivity contribution in [2.45, 2.75) is 18.6 Å². The van der Waals surface area contributed by atoms with Gasteiger partial charge in [-0.25, -0.2) is 4.79 Å². The van der Waals surface area contributed by atoms with Crippen LogP contribution in [-0.4, -0.2) is 61.4 Å². The van der Waals surface area contributed by atoms with E-state index in [-0.39, 0.29) is 31.6 Å². The summed E-state index contributed by atoms with van der Waals surface area (Å²) in [7, 11) is 3.07. The second-order valence-corrected chi connectivity index (χ2v) is 5.74. The van der Waals surface area contributed by atoms with E-state index in [1.54, 1.807) is 19.3 Å².